The van der Waals surface area contributed by atoms with Crippen LogP contribution in [0.15, 0.2) is 36.4 Å². The first-order valence-corrected chi connectivity index (χ1v) is 5.82. The van der Waals surface area contributed by atoms with Crippen LogP contribution < -0.4 is 5.32 Å². The minimum atomic E-state index is -0.107. The molecule has 0 aromatic heterocycles. The third-order valence-corrected chi connectivity index (χ3v) is 2.52. The van der Waals surface area contributed by atoms with Gasteiger partial charge in [-0.25, -0.2) is 4.39 Å². The van der Waals surface area contributed by atoms with Crippen molar-refractivity contribution in [3.05, 3.63) is 47.8 Å². The van der Waals surface area contributed by atoms with Crippen molar-refractivity contribution in [3.63, 3.8) is 0 Å². The SMILES string of the molecule is C/C=C/CCNC(C)Cc1ccccc1F. The zero-order valence-corrected chi connectivity index (χ0v) is 10.0. The molecule has 1 nitrogen and oxygen atoms in total. The number of rotatable bonds is 6. The van der Waals surface area contributed by atoms with Crippen molar-refractivity contribution in [1.82, 2.24) is 5.32 Å². The molecule has 0 radical (unpaired) electrons. The van der Waals surface area contributed by atoms with Gasteiger partial charge < -0.3 is 5.32 Å². The summed E-state index contributed by atoms with van der Waals surface area (Å²) in [6, 6.07) is 7.28. The first kappa shape index (κ1) is 12.9. The quantitative estimate of drug-likeness (QED) is 0.574. The van der Waals surface area contributed by atoms with E-state index < -0.39 is 0 Å². The zero-order valence-electron chi connectivity index (χ0n) is 10.0. The number of nitrogens with one attached hydrogen (secondary N) is 1. The van der Waals surface area contributed by atoms with Gasteiger partial charge in [0.1, 0.15) is 5.82 Å². The molecular formula is C14H20FN. The van der Waals surface area contributed by atoms with E-state index in [1.807, 2.05) is 25.1 Å². The second-order valence-electron chi connectivity index (χ2n) is 4.01. The fourth-order valence-electron chi connectivity index (χ4n) is 1.65. The van der Waals surface area contributed by atoms with Crippen LogP contribution >= 0.6 is 0 Å². The highest BCUT2D eigenvalue weighted by molar-refractivity contribution is 5.18. The average molecular weight is 221 g/mol. The van der Waals surface area contributed by atoms with Crippen molar-refractivity contribution in [2.45, 2.75) is 32.7 Å². The lowest BCUT2D eigenvalue weighted by atomic mass is 10.1. The van der Waals surface area contributed by atoms with Gasteiger partial charge >= 0.3 is 0 Å². The molecule has 0 fully saturated rings. The maximum absolute atomic E-state index is 13.4. The highest BCUT2D eigenvalue weighted by atomic mass is 19.1. The van der Waals surface area contributed by atoms with E-state index in [9.17, 15) is 4.39 Å². The first-order chi connectivity index (χ1) is 7.74. The summed E-state index contributed by atoms with van der Waals surface area (Å²) >= 11 is 0. The van der Waals surface area contributed by atoms with Gasteiger partial charge in [-0.3, -0.25) is 0 Å². The molecule has 0 bridgehead atoms. The van der Waals surface area contributed by atoms with E-state index in [1.54, 1.807) is 6.07 Å². The van der Waals surface area contributed by atoms with Gasteiger partial charge in [0.25, 0.3) is 0 Å². The number of hydrogen-bond acceptors (Lipinski definition) is 1. The van der Waals surface area contributed by atoms with Crippen LogP contribution in [0.5, 0.6) is 0 Å². The molecular weight excluding hydrogens is 201 g/mol. The van der Waals surface area contributed by atoms with E-state index >= 15 is 0 Å². The maximum atomic E-state index is 13.4. The van der Waals surface area contributed by atoms with E-state index in [-0.39, 0.29) is 5.82 Å². The Morgan fingerprint density at radius 2 is 2.12 bits per heavy atom. The van der Waals surface area contributed by atoms with E-state index in [2.05, 4.69) is 18.3 Å². The third kappa shape index (κ3) is 4.58. The number of allylic oxidation sites excluding steroid dienone is 1. The smallest absolute Gasteiger partial charge is 0.126 e. The zero-order chi connectivity index (χ0) is 11.8. The molecule has 1 aromatic rings. The molecule has 1 unspecified atom stereocenters. The Labute approximate surface area is 97.4 Å². The van der Waals surface area contributed by atoms with Crippen molar-refractivity contribution in [1.29, 1.82) is 0 Å². The van der Waals surface area contributed by atoms with Gasteiger partial charge in [-0.1, -0.05) is 30.4 Å². The fourth-order valence-corrected chi connectivity index (χ4v) is 1.65. The maximum Gasteiger partial charge on any atom is 0.126 e. The van der Waals surface area contributed by atoms with Gasteiger partial charge in [-0.15, -0.1) is 0 Å². The van der Waals surface area contributed by atoms with Gasteiger partial charge in [0, 0.05) is 6.04 Å². The highest BCUT2D eigenvalue weighted by Crippen LogP contribution is 2.08. The molecule has 16 heavy (non-hydrogen) atoms. The van der Waals surface area contributed by atoms with Crippen LogP contribution in [0.3, 0.4) is 0 Å². The van der Waals surface area contributed by atoms with Crippen molar-refractivity contribution in [3.8, 4) is 0 Å². The van der Waals surface area contributed by atoms with Crippen LogP contribution in [0.1, 0.15) is 25.8 Å². The van der Waals surface area contributed by atoms with Crippen LogP contribution in [0.25, 0.3) is 0 Å². The van der Waals surface area contributed by atoms with E-state index in [1.165, 1.54) is 6.07 Å². The van der Waals surface area contributed by atoms with E-state index in [0.29, 0.717) is 6.04 Å². The highest BCUT2D eigenvalue weighted by Gasteiger charge is 2.05. The molecule has 0 saturated carbocycles. The van der Waals surface area contributed by atoms with Crippen LogP contribution in [0.2, 0.25) is 0 Å². The molecule has 1 rings (SSSR count). The van der Waals surface area contributed by atoms with Crippen LogP contribution in [0.4, 0.5) is 4.39 Å². The molecule has 0 spiro atoms. The van der Waals surface area contributed by atoms with Gasteiger partial charge in [-0.05, 0) is 44.9 Å². The van der Waals surface area contributed by atoms with Crippen molar-refractivity contribution in [2.75, 3.05) is 6.54 Å². The summed E-state index contributed by atoms with van der Waals surface area (Å²) in [4.78, 5) is 0. The minimum Gasteiger partial charge on any atom is -0.314 e. The van der Waals surface area contributed by atoms with Gasteiger partial charge in [-0.2, -0.15) is 0 Å². The molecule has 88 valence electrons. The Kier molecular flexibility index (Phi) is 5.79. The van der Waals surface area contributed by atoms with E-state index in [0.717, 1.165) is 24.9 Å². The number of hydrogen-bond donors (Lipinski definition) is 1. The van der Waals surface area contributed by atoms with Crippen LogP contribution in [-0.4, -0.2) is 12.6 Å². The van der Waals surface area contributed by atoms with Crippen LogP contribution in [-0.2, 0) is 6.42 Å². The lowest BCUT2D eigenvalue weighted by Gasteiger charge is -2.13. The standard InChI is InChI=1S/C14H20FN/c1-3-4-7-10-16-12(2)11-13-8-5-6-9-14(13)15/h3-6,8-9,12,16H,7,10-11H2,1-2H3/b4-3+. The number of halogens is 1. The molecule has 0 aliphatic rings. The van der Waals surface area contributed by atoms with E-state index in [4.69, 9.17) is 0 Å². The molecule has 1 aromatic carbocycles. The fraction of sp³-hybridized carbons (Fsp3) is 0.429. The van der Waals surface area contributed by atoms with Crippen LogP contribution in [0, 0.1) is 5.82 Å². The molecule has 0 amide bonds. The Bertz CT molecular complexity index is 333. The minimum absolute atomic E-state index is 0.107. The normalized spacial score (nSPS) is 13.2. The topological polar surface area (TPSA) is 12.0 Å². The molecule has 0 aliphatic carbocycles. The summed E-state index contributed by atoms with van der Waals surface area (Å²) in [6.45, 7) is 5.05. The van der Waals surface area contributed by atoms with Crippen molar-refractivity contribution >= 4 is 0 Å². The predicted molar refractivity (Wildman–Crippen MR) is 67.0 cm³/mol. The first-order valence-electron chi connectivity index (χ1n) is 5.82. The largest absolute Gasteiger partial charge is 0.314 e. The molecule has 0 saturated heterocycles. The molecule has 0 aliphatic heterocycles. The lowest BCUT2D eigenvalue weighted by molar-refractivity contribution is 0.531. The summed E-state index contributed by atoms with van der Waals surface area (Å²) < 4.78 is 13.4. The summed E-state index contributed by atoms with van der Waals surface area (Å²) in [5, 5.41) is 3.38. The molecule has 0 heterocycles. The Morgan fingerprint density at radius 3 is 2.81 bits per heavy atom. The Balaban J connectivity index is 2.34. The average Bonchev–Trinajstić information content (AvgIpc) is 2.28. The Morgan fingerprint density at radius 1 is 1.38 bits per heavy atom. The van der Waals surface area contributed by atoms with Gasteiger partial charge in [0.2, 0.25) is 0 Å². The predicted octanol–water partition coefficient (Wildman–Crippen LogP) is 3.31. The van der Waals surface area contributed by atoms with Crippen molar-refractivity contribution in [2.24, 2.45) is 0 Å². The van der Waals surface area contributed by atoms with Gasteiger partial charge in [0.15, 0.2) is 0 Å². The second kappa shape index (κ2) is 7.18. The third-order valence-electron chi connectivity index (χ3n) is 2.52. The molecule has 1 N–H and O–H groups in total. The molecule has 2 heteroatoms. The summed E-state index contributed by atoms with van der Waals surface area (Å²) in [7, 11) is 0. The van der Waals surface area contributed by atoms with Crippen molar-refractivity contribution < 1.29 is 4.39 Å². The summed E-state index contributed by atoms with van der Waals surface area (Å²) in [6.07, 6.45) is 5.94. The monoisotopic (exact) mass is 221 g/mol. The number of benzene rings is 1. The van der Waals surface area contributed by atoms with Gasteiger partial charge in [0.05, 0.1) is 0 Å². The summed E-state index contributed by atoms with van der Waals surface area (Å²) in [5.41, 5.74) is 0.786. The molecule has 1 atom stereocenters. The lowest BCUT2D eigenvalue weighted by Crippen LogP contribution is -2.29. The second-order valence-corrected chi connectivity index (χ2v) is 4.01. The Hall–Kier alpha value is -1.15. The summed E-state index contributed by atoms with van der Waals surface area (Å²) in [5.74, 6) is -0.107.